The lowest BCUT2D eigenvalue weighted by Gasteiger charge is -2.26. The highest BCUT2D eigenvalue weighted by Crippen LogP contribution is 2.19. The molecule has 1 aromatic rings. The van der Waals surface area contributed by atoms with E-state index in [1.54, 1.807) is 13.8 Å². The van der Waals surface area contributed by atoms with Gasteiger partial charge in [-0.3, -0.25) is 4.79 Å². The maximum absolute atomic E-state index is 12.0. The average Bonchev–Trinajstić information content (AvgIpc) is 2.58. The molecule has 1 unspecified atom stereocenters. The molecule has 1 rings (SSSR count). The lowest BCUT2D eigenvalue weighted by molar-refractivity contribution is 0.191. The number of H-pyrrole nitrogens is 1. The normalized spacial score (nSPS) is 15.8. The van der Waals surface area contributed by atoms with Crippen molar-refractivity contribution in [2.24, 2.45) is 0 Å². The van der Waals surface area contributed by atoms with E-state index >= 15 is 0 Å². The second-order valence-electron chi connectivity index (χ2n) is 4.10. The Morgan fingerprint density at radius 3 is 2.47 bits per heavy atom. The molecule has 6 nitrogen and oxygen atoms in total. The van der Waals surface area contributed by atoms with Gasteiger partial charge in [-0.05, 0) is 20.3 Å². The van der Waals surface area contributed by atoms with Gasteiger partial charge in [-0.25, -0.2) is 13.1 Å². The molecule has 0 fully saturated rings. The summed E-state index contributed by atoms with van der Waals surface area (Å²) >= 11 is 0.640. The fourth-order valence-corrected chi connectivity index (χ4v) is 4.01. The summed E-state index contributed by atoms with van der Waals surface area (Å²) in [6, 6.07) is 0. The number of aliphatic hydroxyl groups is 1. The summed E-state index contributed by atoms with van der Waals surface area (Å²) in [4.78, 5) is 13.1. The number of rotatable bonds is 5. The number of hydrogen-bond acceptors (Lipinski definition) is 5. The lowest BCUT2D eigenvalue weighted by atomic mass is 10.0. The summed E-state index contributed by atoms with van der Waals surface area (Å²) in [6.07, 6.45) is 0.446. The summed E-state index contributed by atoms with van der Waals surface area (Å²) in [5, 5.41) is 9.18. The summed E-state index contributed by atoms with van der Waals surface area (Å²) in [5.41, 5.74) is -0.609. The minimum atomic E-state index is -3.77. The van der Waals surface area contributed by atoms with Gasteiger partial charge in [0.05, 0.1) is 12.1 Å². The van der Waals surface area contributed by atoms with Crippen molar-refractivity contribution in [1.29, 1.82) is 0 Å². The van der Waals surface area contributed by atoms with Crippen molar-refractivity contribution in [3.63, 3.8) is 0 Å². The van der Waals surface area contributed by atoms with Crippen LogP contribution in [-0.4, -0.2) is 30.7 Å². The van der Waals surface area contributed by atoms with Gasteiger partial charge in [0.15, 0.2) is 4.21 Å². The van der Waals surface area contributed by atoms with Gasteiger partial charge in [0.2, 0.25) is 0 Å². The molecule has 0 saturated heterocycles. The second-order valence-corrected chi connectivity index (χ2v) is 6.97. The standard InChI is InChI=1S/C9H16N2O4S2/c1-4-9(3,5-12)11-17(14,15)7-6(2)10-8(13)16-7/h11-12H,4-5H2,1-3H3,(H,10,13). The Bertz CT molecular complexity index is 540. The lowest BCUT2D eigenvalue weighted by Crippen LogP contribution is -2.48. The molecule has 98 valence electrons. The molecule has 3 N–H and O–H groups in total. The van der Waals surface area contributed by atoms with Crippen LogP contribution in [0.25, 0.3) is 0 Å². The first kappa shape index (κ1) is 14.4. The maximum Gasteiger partial charge on any atom is 0.305 e. The molecule has 1 atom stereocenters. The zero-order valence-electron chi connectivity index (χ0n) is 9.90. The molecule has 1 heterocycles. The Kier molecular flexibility index (Phi) is 4.13. The Morgan fingerprint density at radius 2 is 2.12 bits per heavy atom. The number of aliphatic hydroxyl groups excluding tert-OH is 1. The van der Waals surface area contributed by atoms with Crippen molar-refractivity contribution in [3.8, 4) is 0 Å². The maximum atomic E-state index is 12.0. The van der Waals surface area contributed by atoms with Gasteiger partial charge in [0.1, 0.15) is 0 Å². The Hall–Kier alpha value is -0.700. The van der Waals surface area contributed by atoms with Crippen LogP contribution in [0.2, 0.25) is 0 Å². The fourth-order valence-electron chi connectivity index (χ4n) is 1.23. The van der Waals surface area contributed by atoms with E-state index in [0.29, 0.717) is 23.5 Å². The van der Waals surface area contributed by atoms with E-state index in [1.807, 2.05) is 0 Å². The predicted octanol–water partition coefficient (Wildman–Crippen LogP) is 0.184. The first-order valence-electron chi connectivity index (χ1n) is 5.08. The highest BCUT2D eigenvalue weighted by molar-refractivity contribution is 7.91. The zero-order valence-corrected chi connectivity index (χ0v) is 11.5. The highest BCUT2D eigenvalue weighted by atomic mass is 32.2. The minimum Gasteiger partial charge on any atom is -0.394 e. The predicted molar refractivity (Wildman–Crippen MR) is 65.8 cm³/mol. The number of thiazole rings is 1. The van der Waals surface area contributed by atoms with Gasteiger partial charge in [0.25, 0.3) is 10.0 Å². The van der Waals surface area contributed by atoms with Gasteiger partial charge < -0.3 is 10.1 Å². The van der Waals surface area contributed by atoms with Gasteiger partial charge in [0, 0.05) is 5.69 Å². The fraction of sp³-hybridized carbons (Fsp3) is 0.667. The third-order valence-electron chi connectivity index (χ3n) is 2.54. The summed E-state index contributed by atoms with van der Waals surface area (Å²) in [5.74, 6) is 0. The molecule has 0 bridgehead atoms. The van der Waals surface area contributed by atoms with Crippen LogP contribution >= 0.6 is 11.3 Å². The Morgan fingerprint density at radius 1 is 1.53 bits per heavy atom. The SMILES string of the molecule is CCC(C)(CO)NS(=O)(=O)c1sc(=O)[nH]c1C. The molecule has 8 heteroatoms. The van der Waals surface area contributed by atoms with Crippen molar-refractivity contribution in [2.75, 3.05) is 6.61 Å². The Balaban J connectivity index is 3.13. The second kappa shape index (κ2) is 4.89. The average molecular weight is 280 g/mol. The number of aryl methyl sites for hydroxylation is 1. The number of aromatic nitrogens is 1. The molecule has 0 aliphatic rings. The van der Waals surface area contributed by atoms with Crippen molar-refractivity contribution in [2.45, 2.75) is 36.9 Å². The molecule has 17 heavy (non-hydrogen) atoms. The van der Waals surface area contributed by atoms with E-state index in [0.717, 1.165) is 0 Å². The van der Waals surface area contributed by atoms with Crippen molar-refractivity contribution in [3.05, 3.63) is 15.4 Å². The van der Waals surface area contributed by atoms with Gasteiger partial charge >= 0.3 is 4.87 Å². The van der Waals surface area contributed by atoms with E-state index in [4.69, 9.17) is 0 Å². The summed E-state index contributed by atoms with van der Waals surface area (Å²) < 4.78 is 26.4. The minimum absolute atomic E-state index is 0.0318. The van der Waals surface area contributed by atoms with Crippen LogP contribution in [-0.2, 0) is 10.0 Å². The number of sulfonamides is 1. The molecular formula is C9H16N2O4S2. The molecule has 0 aliphatic carbocycles. The van der Waals surface area contributed by atoms with Gasteiger partial charge in [-0.2, -0.15) is 0 Å². The molecule has 0 saturated carbocycles. The topological polar surface area (TPSA) is 99.3 Å². The molecule has 0 aromatic carbocycles. The Labute approximate surface area is 104 Å². The van der Waals surface area contributed by atoms with Crippen molar-refractivity contribution >= 4 is 21.4 Å². The third kappa shape index (κ3) is 3.15. The molecule has 0 spiro atoms. The molecule has 0 aliphatic heterocycles. The summed E-state index contributed by atoms with van der Waals surface area (Å²) in [7, 11) is -3.77. The van der Waals surface area contributed by atoms with Crippen LogP contribution in [0.15, 0.2) is 9.00 Å². The monoisotopic (exact) mass is 280 g/mol. The van der Waals surface area contributed by atoms with Gasteiger partial charge in [-0.1, -0.05) is 18.3 Å². The molecule has 1 aromatic heterocycles. The number of nitrogens with one attached hydrogen (secondary N) is 2. The summed E-state index contributed by atoms with van der Waals surface area (Å²) in [6.45, 7) is 4.59. The van der Waals surface area contributed by atoms with E-state index in [9.17, 15) is 18.3 Å². The van der Waals surface area contributed by atoms with Crippen LogP contribution in [0.5, 0.6) is 0 Å². The first-order chi connectivity index (χ1) is 7.74. The quantitative estimate of drug-likeness (QED) is 0.716. The van der Waals surface area contributed by atoms with Gasteiger partial charge in [-0.15, -0.1) is 0 Å². The van der Waals surface area contributed by atoms with Crippen molar-refractivity contribution < 1.29 is 13.5 Å². The highest BCUT2D eigenvalue weighted by Gasteiger charge is 2.30. The van der Waals surface area contributed by atoms with Crippen molar-refractivity contribution in [1.82, 2.24) is 9.71 Å². The third-order valence-corrected chi connectivity index (χ3v) is 5.78. The number of hydrogen-bond donors (Lipinski definition) is 3. The smallest absolute Gasteiger partial charge is 0.305 e. The first-order valence-corrected chi connectivity index (χ1v) is 7.38. The van der Waals surface area contributed by atoms with E-state index < -0.39 is 20.4 Å². The van der Waals surface area contributed by atoms with Crippen LogP contribution in [0, 0.1) is 6.92 Å². The van der Waals surface area contributed by atoms with Crippen LogP contribution in [0.4, 0.5) is 0 Å². The number of aromatic amines is 1. The van der Waals surface area contributed by atoms with Crippen LogP contribution in [0.3, 0.4) is 0 Å². The van der Waals surface area contributed by atoms with Crippen LogP contribution < -0.4 is 9.60 Å². The molecule has 0 amide bonds. The van der Waals surface area contributed by atoms with E-state index in [1.165, 1.54) is 6.92 Å². The molecule has 0 radical (unpaired) electrons. The van der Waals surface area contributed by atoms with Crippen LogP contribution in [0.1, 0.15) is 26.0 Å². The largest absolute Gasteiger partial charge is 0.394 e. The van der Waals surface area contributed by atoms with E-state index in [2.05, 4.69) is 9.71 Å². The molecular weight excluding hydrogens is 264 g/mol. The zero-order chi connectivity index (χ0) is 13.3. The van der Waals surface area contributed by atoms with E-state index in [-0.39, 0.29) is 10.8 Å².